The maximum absolute atomic E-state index is 14.2. The third kappa shape index (κ3) is 2.86. The van der Waals surface area contributed by atoms with Crippen LogP contribution in [0.3, 0.4) is 0 Å². The largest absolute Gasteiger partial charge is 0.511 e. The fraction of sp³-hybridized carbons (Fsp3) is 0.429. The zero-order valence-electron chi connectivity index (χ0n) is 21.6. The Bertz CT molecular complexity index is 1870. The molecule has 10 nitrogen and oxygen atoms in total. The molecule has 6 fully saturated rings. The van der Waals surface area contributed by atoms with Crippen LogP contribution in [-0.4, -0.2) is 50.9 Å². The summed E-state index contributed by atoms with van der Waals surface area (Å²) in [5.74, 6) is 2.80. The first-order valence-corrected chi connectivity index (χ1v) is 17.0. The van der Waals surface area contributed by atoms with Gasteiger partial charge in [-0.25, -0.2) is 12.8 Å². The van der Waals surface area contributed by atoms with Crippen LogP contribution in [-0.2, 0) is 31.4 Å². The Morgan fingerprint density at radius 2 is 1.63 bits per heavy atom. The summed E-state index contributed by atoms with van der Waals surface area (Å²) < 4.78 is 69.8. The fourth-order valence-electron chi connectivity index (χ4n) is 9.98. The average Bonchev–Trinajstić information content (AvgIpc) is 2.87. The lowest BCUT2D eigenvalue weighted by Gasteiger charge is -2.95. The van der Waals surface area contributed by atoms with Gasteiger partial charge in [0.25, 0.3) is 15.9 Å². The van der Waals surface area contributed by atoms with Gasteiger partial charge in [0.05, 0.1) is 11.9 Å². The van der Waals surface area contributed by atoms with Gasteiger partial charge in [0.15, 0.2) is 5.84 Å². The van der Waals surface area contributed by atoms with E-state index in [0.717, 1.165) is 29.7 Å². The second-order valence-electron chi connectivity index (χ2n) is 12.6. The van der Waals surface area contributed by atoms with E-state index in [1.54, 1.807) is 17.0 Å². The molecule has 3 N–H and O–H groups in total. The highest BCUT2D eigenvalue weighted by Crippen LogP contribution is 2.93. The minimum Gasteiger partial charge on any atom is -0.511 e. The van der Waals surface area contributed by atoms with Crippen molar-refractivity contribution < 1.29 is 31.1 Å². The number of halogens is 1. The number of hydrogen-bond acceptors (Lipinski definition) is 7. The smallest absolute Gasteiger partial charge is 0.286 e. The second-order valence-corrected chi connectivity index (χ2v) is 15.9. The molecule has 10 rings (SSSR count). The van der Waals surface area contributed by atoms with Crippen molar-refractivity contribution in [1.82, 2.24) is 4.90 Å². The number of rotatable bonds is 5. The topological polar surface area (TPSA) is 145 Å². The number of benzene rings is 2. The van der Waals surface area contributed by atoms with E-state index in [9.17, 15) is 31.1 Å². The number of amides is 1. The lowest BCUT2D eigenvalue weighted by molar-refractivity contribution is -0.481. The zero-order valence-corrected chi connectivity index (χ0v) is 23.2. The summed E-state index contributed by atoms with van der Waals surface area (Å²) in [4.78, 5) is 15.7. The highest BCUT2D eigenvalue weighted by molar-refractivity contribution is 7.92. The molecule has 6 aliphatic carbocycles. The number of aliphatic hydroxyl groups is 1. The molecule has 0 spiro atoms. The third-order valence-electron chi connectivity index (χ3n) is 11.0. The first-order valence-electron chi connectivity index (χ1n) is 13.7. The number of nitrogens with zero attached hydrogens (tertiary/aromatic N) is 2. The number of nitrogens with one attached hydrogen (secondary N) is 2. The minimum absolute atomic E-state index is 0.0535. The number of amidine groups is 1. The summed E-state index contributed by atoms with van der Waals surface area (Å²) in [5, 5.41) is 14.7. The Hall–Kier alpha value is -3.45. The molecular formula is C28H25FN4O6S2. The molecule has 2 bridgehead atoms. The molecule has 2 heterocycles. The summed E-state index contributed by atoms with van der Waals surface area (Å²) in [6.45, 7) is 0.209. The lowest BCUT2D eigenvalue weighted by Crippen LogP contribution is -2.94. The molecule has 6 unspecified atom stereocenters. The molecule has 0 aromatic heterocycles. The van der Waals surface area contributed by atoms with Gasteiger partial charge in [-0.1, -0.05) is 12.1 Å². The van der Waals surface area contributed by atoms with Gasteiger partial charge in [0.2, 0.25) is 10.0 Å². The summed E-state index contributed by atoms with van der Waals surface area (Å²) in [6.07, 6.45) is 0.955. The van der Waals surface area contributed by atoms with Gasteiger partial charge >= 0.3 is 0 Å². The van der Waals surface area contributed by atoms with Crippen molar-refractivity contribution in [2.45, 2.75) is 17.5 Å². The van der Waals surface area contributed by atoms with Crippen molar-refractivity contribution in [2.24, 2.45) is 57.7 Å². The predicted octanol–water partition coefficient (Wildman–Crippen LogP) is 2.55. The minimum atomic E-state index is -4.35. The first-order chi connectivity index (χ1) is 19.4. The first kappa shape index (κ1) is 24.2. The summed E-state index contributed by atoms with van der Waals surface area (Å²) in [7, 11) is -8.00. The lowest BCUT2D eigenvalue weighted by atomic mass is 9.10. The number of carbonyl (C=O) groups excluding carboxylic acids is 1. The van der Waals surface area contributed by atoms with Crippen molar-refractivity contribution in [3.05, 3.63) is 65.2 Å². The highest BCUT2D eigenvalue weighted by Gasteiger charge is 2.92. The van der Waals surface area contributed by atoms with Crippen LogP contribution in [0.4, 0.5) is 15.8 Å². The molecule has 212 valence electrons. The number of fused-ring (bicyclic) bond motifs is 1. The van der Waals surface area contributed by atoms with Crippen molar-refractivity contribution in [3.63, 3.8) is 0 Å². The molecule has 41 heavy (non-hydrogen) atoms. The average molecular weight is 597 g/mol. The second kappa shape index (κ2) is 7.30. The number of anilines is 2. The molecule has 2 aromatic carbocycles. The van der Waals surface area contributed by atoms with Gasteiger partial charge in [0, 0.05) is 24.2 Å². The van der Waals surface area contributed by atoms with Crippen LogP contribution >= 0.6 is 0 Å². The Labute approximate surface area is 235 Å². The Kier molecular flexibility index (Phi) is 4.30. The van der Waals surface area contributed by atoms with Crippen molar-refractivity contribution >= 4 is 43.2 Å². The van der Waals surface area contributed by atoms with Crippen LogP contribution in [0.15, 0.2) is 63.1 Å². The van der Waals surface area contributed by atoms with Crippen molar-refractivity contribution in [1.29, 1.82) is 0 Å². The Balaban J connectivity index is 1.14. The third-order valence-corrected chi connectivity index (χ3v) is 12.9. The molecule has 2 aliphatic heterocycles. The van der Waals surface area contributed by atoms with Gasteiger partial charge in [0.1, 0.15) is 22.0 Å². The highest BCUT2D eigenvalue weighted by atomic mass is 32.2. The molecule has 6 atom stereocenters. The van der Waals surface area contributed by atoms with E-state index < -0.39 is 26.0 Å². The van der Waals surface area contributed by atoms with Crippen molar-refractivity contribution in [3.8, 4) is 0 Å². The number of hydrogen-bond donors (Lipinski definition) is 3. The molecule has 6 saturated carbocycles. The van der Waals surface area contributed by atoms with Gasteiger partial charge in [-0.05, 0) is 83.2 Å². The molecule has 0 saturated heterocycles. The molecule has 8 aliphatic rings. The summed E-state index contributed by atoms with van der Waals surface area (Å²) in [5.41, 5.74) is 0.758. The molecule has 1 amide bonds. The van der Waals surface area contributed by atoms with E-state index in [0.29, 0.717) is 29.6 Å². The summed E-state index contributed by atoms with van der Waals surface area (Å²) in [6, 6.07) is 9.74. The molecular weight excluding hydrogens is 571 g/mol. The zero-order chi connectivity index (χ0) is 28.3. The molecule has 13 heteroatoms. The number of carbonyl (C=O) groups is 1. The van der Waals surface area contributed by atoms with Crippen LogP contribution in [0.1, 0.15) is 5.56 Å². The van der Waals surface area contributed by atoms with E-state index in [-0.39, 0.29) is 63.7 Å². The predicted molar refractivity (Wildman–Crippen MR) is 145 cm³/mol. The fourth-order valence-corrected chi connectivity index (χ4v) is 11.7. The molecule has 0 radical (unpaired) electrons. The van der Waals surface area contributed by atoms with E-state index in [1.807, 2.05) is 0 Å². The number of sulfonamides is 2. The van der Waals surface area contributed by atoms with E-state index >= 15 is 0 Å². The van der Waals surface area contributed by atoms with E-state index in [4.69, 9.17) is 0 Å². The Morgan fingerprint density at radius 1 is 1.00 bits per heavy atom. The standard InChI is InChI=1S/C28H25FN4O6S2/c1-40(36,37)31-12-6-7-13-14(8-12)41(38,39)32-27(30-13)24-26(34)23-21-17-15-16-19(17)22(20(16)18(15)21)25(23)33(28(24)35)9-10-2-4-11(29)5-3-10/h2-8,15-23,25,31,34H,9H2,1H3,(H,30,32). The Morgan fingerprint density at radius 3 is 2.29 bits per heavy atom. The summed E-state index contributed by atoms with van der Waals surface area (Å²) >= 11 is 0. The monoisotopic (exact) mass is 596 g/mol. The van der Waals surface area contributed by atoms with Gasteiger partial charge in [-0.15, -0.1) is 4.40 Å². The normalized spacial score (nSPS) is 39.5. The maximum atomic E-state index is 14.2. The van der Waals surface area contributed by atoms with E-state index in [2.05, 4.69) is 14.4 Å². The van der Waals surface area contributed by atoms with Crippen LogP contribution < -0.4 is 10.0 Å². The van der Waals surface area contributed by atoms with Gasteiger partial charge in [-0.3, -0.25) is 9.52 Å². The van der Waals surface area contributed by atoms with Gasteiger partial charge in [-0.2, -0.15) is 8.42 Å². The quantitative estimate of drug-likeness (QED) is 0.481. The van der Waals surface area contributed by atoms with Crippen molar-refractivity contribution in [2.75, 3.05) is 16.3 Å². The molecule has 2 aromatic rings. The van der Waals surface area contributed by atoms with Gasteiger partial charge < -0.3 is 15.3 Å². The van der Waals surface area contributed by atoms with Crippen LogP contribution in [0.2, 0.25) is 0 Å². The van der Waals surface area contributed by atoms with Crippen LogP contribution in [0.25, 0.3) is 0 Å². The van der Waals surface area contributed by atoms with E-state index in [1.165, 1.54) is 24.3 Å². The van der Waals surface area contributed by atoms with Crippen LogP contribution in [0.5, 0.6) is 0 Å². The van der Waals surface area contributed by atoms with Crippen LogP contribution in [0, 0.1) is 59.1 Å². The number of aliphatic hydroxyl groups excluding tert-OH is 1. The maximum Gasteiger partial charge on any atom is 0.286 e. The SMILES string of the molecule is CS(=O)(=O)Nc1ccc2c(c1)S(=O)(=O)N=C(C1=C(O)C3C4C5C6C4C4C6C5C4C3N(Cc3ccc(F)cc3)C1=O)N2.